The minimum atomic E-state index is -3.76. The third-order valence-electron chi connectivity index (χ3n) is 4.50. The molecule has 1 heterocycles. The molecule has 0 spiro atoms. The van der Waals surface area contributed by atoms with E-state index in [4.69, 9.17) is 16.3 Å². The van der Waals surface area contributed by atoms with Crippen LogP contribution in [0.25, 0.3) is 11.1 Å². The van der Waals surface area contributed by atoms with E-state index in [1.807, 2.05) is 10.9 Å². The molecule has 0 unspecified atom stereocenters. The second-order valence-electron chi connectivity index (χ2n) is 6.58. The molecule has 28 heavy (non-hydrogen) atoms. The molecule has 2 aromatic rings. The first-order valence-corrected chi connectivity index (χ1v) is 10.8. The van der Waals surface area contributed by atoms with Crippen molar-refractivity contribution in [1.82, 2.24) is 10.3 Å². The van der Waals surface area contributed by atoms with Crippen LogP contribution in [0.15, 0.2) is 42.5 Å². The first kappa shape index (κ1) is 20.7. The van der Waals surface area contributed by atoms with Crippen molar-refractivity contribution in [3.8, 4) is 11.1 Å². The number of sulfonamides is 1. The topological polar surface area (TPSA) is 84.5 Å². The highest BCUT2D eigenvalue weighted by molar-refractivity contribution is 7.89. The number of hydrogen-bond donors (Lipinski definition) is 2. The van der Waals surface area contributed by atoms with Gasteiger partial charge in [0.2, 0.25) is 10.0 Å². The van der Waals surface area contributed by atoms with Crippen molar-refractivity contribution in [2.75, 3.05) is 19.0 Å². The van der Waals surface area contributed by atoms with Crippen LogP contribution in [0.4, 0.5) is 4.39 Å². The second kappa shape index (κ2) is 9.00. The number of halogens is 2. The lowest BCUT2D eigenvalue weighted by molar-refractivity contribution is 0.0722. The molecule has 2 N–H and O–H groups in total. The number of carbonyl (C=O) groups excluding carboxylic acids is 1. The van der Waals surface area contributed by atoms with E-state index in [1.165, 1.54) is 12.1 Å². The summed E-state index contributed by atoms with van der Waals surface area (Å²) in [5.41, 5.74) is 3.01. The maximum Gasteiger partial charge on any atom is 0.269 e. The number of amides is 1. The summed E-state index contributed by atoms with van der Waals surface area (Å²) in [6, 6.07) is 11.8. The van der Waals surface area contributed by atoms with E-state index in [0.717, 1.165) is 5.56 Å². The first-order chi connectivity index (χ1) is 13.4. The fourth-order valence-corrected chi connectivity index (χ4v) is 4.51. The minimum absolute atomic E-state index is 0.0456. The van der Waals surface area contributed by atoms with Crippen molar-refractivity contribution < 1.29 is 22.3 Å². The van der Waals surface area contributed by atoms with Gasteiger partial charge in [0, 0.05) is 13.2 Å². The summed E-state index contributed by atoms with van der Waals surface area (Å²) in [6.07, 6.45) is 1.27. The molecule has 1 amide bonds. The number of carbonyl (C=O) groups is 1. The normalized spacial score (nSPS) is 15.4. The minimum Gasteiger partial charge on any atom is -0.381 e. The van der Waals surface area contributed by atoms with E-state index in [9.17, 15) is 17.6 Å². The van der Waals surface area contributed by atoms with E-state index in [2.05, 4.69) is 5.43 Å². The molecule has 6 nitrogen and oxygen atoms in total. The Balaban J connectivity index is 1.72. The van der Waals surface area contributed by atoms with Gasteiger partial charge in [-0.05, 0) is 42.0 Å². The van der Waals surface area contributed by atoms with Crippen LogP contribution >= 0.6 is 11.6 Å². The first-order valence-electron chi connectivity index (χ1n) is 8.78. The molecule has 0 radical (unpaired) electrons. The Bertz CT molecular complexity index is 948. The summed E-state index contributed by atoms with van der Waals surface area (Å²) in [7, 11) is -3.76. The van der Waals surface area contributed by atoms with Gasteiger partial charge in [-0.1, -0.05) is 41.9 Å². The van der Waals surface area contributed by atoms with Crippen molar-refractivity contribution >= 4 is 27.5 Å². The van der Waals surface area contributed by atoms with Gasteiger partial charge in [0.25, 0.3) is 5.91 Å². The van der Waals surface area contributed by atoms with Crippen LogP contribution in [0.1, 0.15) is 23.2 Å². The van der Waals surface area contributed by atoms with Gasteiger partial charge < -0.3 is 4.74 Å². The van der Waals surface area contributed by atoms with Crippen LogP contribution in [-0.2, 0) is 14.8 Å². The zero-order chi connectivity index (χ0) is 20.1. The Labute approximate surface area is 168 Å². The summed E-state index contributed by atoms with van der Waals surface area (Å²) < 4.78 is 43.9. The Morgan fingerprint density at radius 2 is 1.82 bits per heavy atom. The number of benzene rings is 2. The molecule has 1 saturated heterocycles. The van der Waals surface area contributed by atoms with Crippen molar-refractivity contribution in [2.45, 2.75) is 12.8 Å². The number of ether oxygens (including phenoxy) is 1. The molecule has 1 fully saturated rings. The zero-order valence-electron chi connectivity index (χ0n) is 15.0. The average molecular weight is 427 g/mol. The van der Waals surface area contributed by atoms with Gasteiger partial charge in [0.1, 0.15) is 0 Å². The molecular formula is C19H20ClFN2O4S. The Kier molecular flexibility index (Phi) is 6.66. The number of nitrogens with one attached hydrogen (secondary N) is 2. The van der Waals surface area contributed by atoms with Gasteiger partial charge in [-0.2, -0.15) is 0 Å². The molecular weight excluding hydrogens is 407 g/mol. The molecule has 0 atom stereocenters. The lowest BCUT2D eigenvalue weighted by Crippen LogP contribution is -2.44. The largest absolute Gasteiger partial charge is 0.381 e. The highest BCUT2D eigenvalue weighted by Gasteiger charge is 2.23. The van der Waals surface area contributed by atoms with Crippen LogP contribution in [0, 0.1) is 11.7 Å². The van der Waals surface area contributed by atoms with Gasteiger partial charge in [0.15, 0.2) is 5.82 Å². The standard InChI is InChI=1S/C19H20ClFN2O4S/c20-17-11-15(14-4-2-1-3-5-14)10-16(18(17)21)19(24)22-23-28(25,26)12-13-6-8-27-9-7-13/h1-5,10-11,13,23H,6-9,12H2,(H,22,24). The average Bonchev–Trinajstić information content (AvgIpc) is 2.69. The predicted octanol–water partition coefficient (Wildman–Crippen LogP) is 3.14. The highest BCUT2D eigenvalue weighted by Crippen LogP contribution is 2.28. The quantitative estimate of drug-likeness (QED) is 0.695. The Hall–Kier alpha value is -2.00. The van der Waals surface area contributed by atoms with Crippen LogP contribution in [0.2, 0.25) is 5.02 Å². The molecule has 0 bridgehead atoms. The fourth-order valence-electron chi connectivity index (χ4n) is 3.01. The highest BCUT2D eigenvalue weighted by atomic mass is 35.5. The summed E-state index contributed by atoms with van der Waals surface area (Å²) in [6.45, 7) is 1.03. The van der Waals surface area contributed by atoms with Gasteiger partial charge >= 0.3 is 0 Å². The number of hydrazine groups is 1. The SMILES string of the molecule is O=C(NNS(=O)(=O)CC1CCOCC1)c1cc(-c2ccccc2)cc(Cl)c1F. The van der Waals surface area contributed by atoms with E-state index >= 15 is 0 Å². The van der Waals surface area contributed by atoms with E-state index < -0.39 is 21.7 Å². The molecule has 150 valence electrons. The van der Waals surface area contributed by atoms with Crippen LogP contribution < -0.4 is 10.3 Å². The van der Waals surface area contributed by atoms with E-state index in [1.54, 1.807) is 24.3 Å². The van der Waals surface area contributed by atoms with E-state index in [0.29, 0.717) is 31.6 Å². The van der Waals surface area contributed by atoms with Crippen LogP contribution in [-0.4, -0.2) is 33.3 Å². The van der Waals surface area contributed by atoms with Crippen molar-refractivity contribution in [3.05, 3.63) is 58.9 Å². The van der Waals surface area contributed by atoms with Crippen molar-refractivity contribution in [3.63, 3.8) is 0 Å². The van der Waals surface area contributed by atoms with Gasteiger partial charge in [-0.25, -0.2) is 12.8 Å². The maximum absolute atomic E-state index is 14.4. The summed E-state index contributed by atoms with van der Waals surface area (Å²) in [4.78, 5) is 14.4. The van der Waals surface area contributed by atoms with Crippen molar-refractivity contribution in [1.29, 1.82) is 0 Å². The molecule has 1 aliphatic rings. The molecule has 0 aliphatic carbocycles. The Morgan fingerprint density at radius 3 is 2.50 bits per heavy atom. The lowest BCUT2D eigenvalue weighted by Gasteiger charge is -2.21. The van der Waals surface area contributed by atoms with Crippen molar-refractivity contribution in [2.24, 2.45) is 5.92 Å². The van der Waals surface area contributed by atoms with Gasteiger partial charge in [-0.3, -0.25) is 10.2 Å². The molecule has 0 saturated carbocycles. The summed E-state index contributed by atoms with van der Waals surface area (Å²) in [5.74, 6) is -2.02. The maximum atomic E-state index is 14.4. The summed E-state index contributed by atoms with van der Waals surface area (Å²) in [5, 5.41) is -0.225. The molecule has 0 aromatic heterocycles. The third kappa shape index (κ3) is 5.29. The van der Waals surface area contributed by atoms with Crippen LogP contribution in [0.3, 0.4) is 0 Å². The zero-order valence-corrected chi connectivity index (χ0v) is 16.5. The fraction of sp³-hybridized carbons (Fsp3) is 0.316. The molecule has 3 rings (SSSR count). The smallest absolute Gasteiger partial charge is 0.269 e. The van der Waals surface area contributed by atoms with Crippen LogP contribution in [0.5, 0.6) is 0 Å². The predicted molar refractivity (Wildman–Crippen MR) is 105 cm³/mol. The molecule has 2 aromatic carbocycles. The van der Waals surface area contributed by atoms with Gasteiger partial charge in [0.05, 0.1) is 16.3 Å². The van der Waals surface area contributed by atoms with Gasteiger partial charge in [-0.15, -0.1) is 4.83 Å². The number of hydrogen-bond acceptors (Lipinski definition) is 4. The molecule has 1 aliphatic heterocycles. The number of rotatable bonds is 6. The monoisotopic (exact) mass is 426 g/mol. The third-order valence-corrected chi connectivity index (χ3v) is 6.09. The Morgan fingerprint density at radius 1 is 1.14 bits per heavy atom. The second-order valence-corrected chi connectivity index (χ2v) is 8.75. The summed E-state index contributed by atoms with van der Waals surface area (Å²) >= 11 is 5.93. The van der Waals surface area contributed by atoms with E-state index in [-0.39, 0.29) is 22.3 Å². The lowest BCUT2D eigenvalue weighted by atomic mass is 10.0. The molecule has 9 heteroatoms.